The van der Waals surface area contributed by atoms with Gasteiger partial charge in [-0.05, 0) is 30.2 Å². The van der Waals surface area contributed by atoms with Gasteiger partial charge in [0, 0.05) is 35.7 Å². The van der Waals surface area contributed by atoms with Gasteiger partial charge in [0.05, 0.1) is 13.4 Å². The topological polar surface area (TPSA) is 79.0 Å². The van der Waals surface area contributed by atoms with E-state index in [0.29, 0.717) is 5.92 Å². The lowest BCUT2D eigenvalue weighted by atomic mass is 9.96. The van der Waals surface area contributed by atoms with Crippen molar-refractivity contribution in [2.75, 3.05) is 24.3 Å². The average Bonchev–Trinajstić information content (AvgIpc) is 3.10. The maximum atomic E-state index is 11.3. The number of fused-ring (bicyclic) bond motifs is 1. The molecular weight excluding hydrogens is 256 g/mol. The lowest BCUT2D eigenvalue weighted by molar-refractivity contribution is 0.187. The molecule has 2 heterocycles. The van der Waals surface area contributed by atoms with Gasteiger partial charge in [-0.15, -0.1) is 0 Å². The fourth-order valence-electron chi connectivity index (χ4n) is 2.50. The number of hydrogen-bond acceptors (Lipinski definition) is 4. The number of imidazole rings is 1. The van der Waals surface area contributed by atoms with Crippen LogP contribution in [0.4, 0.5) is 16.2 Å². The molecule has 6 nitrogen and oxygen atoms in total. The van der Waals surface area contributed by atoms with E-state index >= 15 is 0 Å². The Morgan fingerprint density at radius 1 is 1.55 bits per heavy atom. The summed E-state index contributed by atoms with van der Waals surface area (Å²) in [6.07, 6.45) is 3.96. The summed E-state index contributed by atoms with van der Waals surface area (Å²) < 4.78 is 4.61. The van der Waals surface area contributed by atoms with Crippen molar-refractivity contribution in [3.8, 4) is 0 Å². The Morgan fingerprint density at radius 2 is 2.45 bits per heavy atom. The number of ether oxygens (including phenoxy) is 1. The standard InChI is InChI=1S/C14H16N4O2/c1-20-14(19)18-10-2-3-13-12(5-10)9(6-16-13)4-11-7-15-8-17-11/h2-3,5,7-9,16H,4,6H2,1H3,(H,15,17)(H,18,19). The lowest BCUT2D eigenvalue weighted by Crippen LogP contribution is -2.11. The minimum atomic E-state index is -0.457. The van der Waals surface area contributed by atoms with Crippen LogP contribution in [0.1, 0.15) is 17.2 Å². The summed E-state index contributed by atoms with van der Waals surface area (Å²) >= 11 is 0. The zero-order valence-corrected chi connectivity index (χ0v) is 11.1. The largest absolute Gasteiger partial charge is 0.453 e. The molecule has 2 aromatic rings. The summed E-state index contributed by atoms with van der Waals surface area (Å²) in [5, 5.41) is 6.07. The molecule has 1 aromatic carbocycles. The molecule has 1 aliphatic rings. The number of aromatic amines is 1. The molecule has 0 bridgehead atoms. The van der Waals surface area contributed by atoms with Crippen LogP contribution in [0.25, 0.3) is 0 Å². The van der Waals surface area contributed by atoms with Crippen LogP contribution in [0.15, 0.2) is 30.7 Å². The zero-order chi connectivity index (χ0) is 13.9. The predicted molar refractivity (Wildman–Crippen MR) is 76.0 cm³/mol. The van der Waals surface area contributed by atoms with Crippen molar-refractivity contribution in [1.29, 1.82) is 0 Å². The van der Waals surface area contributed by atoms with Crippen molar-refractivity contribution in [3.05, 3.63) is 42.0 Å². The highest BCUT2D eigenvalue weighted by atomic mass is 16.5. The van der Waals surface area contributed by atoms with E-state index in [0.717, 1.165) is 30.0 Å². The normalized spacial score (nSPS) is 16.4. The SMILES string of the molecule is COC(=O)Nc1ccc2c(c1)C(Cc1cnc[nH]1)CN2. The highest BCUT2D eigenvalue weighted by Gasteiger charge is 2.23. The molecule has 0 saturated carbocycles. The summed E-state index contributed by atoms with van der Waals surface area (Å²) in [5.74, 6) is 0.366. The smallest absolute Gasteiger partial charge is 0.411 e. The number of nitrogens with zero attached hydrogens (tertiary/aromatic N) is 1. The van der Waals surface area contributed by atoms with Crippen LogP contribution in [-0.4, -0.2) is 29.7 Å². The van der Waals surface area contributed by atoms with E-state index in [9.17, 15) is 4.79 Å². The third-order valence-electron chi connectivity index (χ3n) is 3.48. The molecule has 0 aliphatic carbocycles. The molecule has 1 atom stereocenters. The van der Waals surface area contributed by atoms with Gasteiger partial charge < -0.3 is 15.0 Å². The second-order valence-electron chi connectivity index (χ2n) is 4.78. The molecule has 3 N–H and O–H groups in total. The van der Waals surface area contributed by atoms with Gasteiger partial charge in [0.15, 0.2) is 0 Å². The van der Waals surface area contributed by atoms with Crippen LogP contribution in [0, 0.1) is 0 Å². The summed E-state index contributed by atoms with van der Waals surface area (Å²) in [7, 11) is 1.35. The monoisotopic (exact) mass is 272 g/mol. The summed E-state index contributed by atoms with van der Waals surface area (Å²) in [4.78, 5) is 18.4. The number of H-pyrrole nitrogens is 1. The van der Waals surface area contributed by atoms with Crippen LogP contribution >= 0.6 is 0 Å². The van der Waals surface area contributed by atoms with Gasteiger partial charge in [0.1, 0.15) is 0 Å². The van der Waals surface area contributed by atoms with E-state index in [2.05, 4.69) is 25.3 Å². The minimum Gasteiger partial charge on any atom is -0.453 e. The fourth-order valence-corrected chi connectivity index (χ4v) is 2.50. The molecule has 1 aromatic heterocycles. The number of carbonyl (C=O) groups is 1. The van der Waals surface area contributed by atoms with Crippen molar-refractivity contribution in [1.82, 2.24) is 9.97 Å². The van der Waals surface area contributed by atoms with E-state index in [1.807, 2.05) is 24.4 Å². The Hall–Kier alpha value is -2.50. The van der Waals surface area contributed by atoms with Crippen molar-refractivity contribution in [3.63, 3.8) is 0 Å². The molecule has 1 unspecified atom stereocenters. The maximum Gasteiger partial charge on any atom is 0.411 e. The minimum absolute atomic E-state index is 0.366. The molecule has 1 aliphatic heterocycles. The Bertz CT molecular complexity index is 610. The average molecular weight is 272 g/mol. The summed E-state index contributed by atoms with van der Waals surface area (Å²) in [5.41, 5.74) is 4.17. The van der Waals surface area contributed by atoms with Gasteiger partial charge in [0.25, 0.3) is 0 Å². The van der Waals surface area contributed by atoms with Crippen molar-refractivity contribution in [2.24, 2.45) is 0 Å². The Labute approximate surface area is 116 Å². The van der Waals surface area contributed by atoms with Gasteiger partial charge in [-0.1, -0.05) is 0 Å². The first-order valence-electron chi connectivity index (χ1n) is 6.46. The number of carbonyl (C=O) groups excluding carboxylic acids is 1. The number of aromatic nitrogens is 2. The first-order chi connectivity index (χ1) is 9.76. The van der Waals surface area contributed by atoms with Gasteiger partial charge in [0.2, 0.25) is 0 Å². The number of anilines is 2. The van der Waals surface area contributed by atoms with E-state index in [1.165, 1.54) is 12.7 Å². The maximum absolute atomic E-state index is 11.3. The van der Waals surface area contributed by atoms with E-state index in [-0.39, 0.29) is 0 Å². The number of nitrogens with one attached hydrogen (secondary N) is 3. The molecule has 6 heteroatoms. The summed E-state index contributed by atoms with van der Waals surface area (Å²) in [6.45, 7) is 0.885. The lowest BCUT2D eigenvalue weighted by Gasteiger charge is -2.10. The highest BCUT2D eigenvalue weighted by Crippen LogP contribution is 2.35. The fraction of sp³-hybridized carbons (Fsp3) is 0.286. The molecule has 1 amide bonds. The number of benzene rings is 1. The molecule has 0 saturated heterocycles. The Kier molecular flexibility index (Phi) is 3.28. The predicted octanol–water partition coefficient (Wildman–Crippen LogP) is 2.34. The van der Waals surface area contributed by atoms with Gasteiger partial charge in [-0.3, -0.25) is 5.32 Å². The van der Waals surface area contributed by atoms with Crippen LogP contribution in [0.5, 0.6) is 0 Å². The quantitative estimate of drug-likeness (QED) is 0.801. The van der Waals surface area contributed by atoms with Crippen LogP contribution in [-0.2, 0) is 11.2 Å². The number of rotatable bonds is 3. The second kappa shape index (κ2) is 5.24. The van der Waals surface area contributed by atoms with Crippen molar-refractivity contribution >= 4 is 17.5 Å². The third-order valence-corrected chi connectivity index (χ3v) is 3.48. The van der Waals surface area contributed by atoms with Gasteiger partial charge in [-0.2, -0.15) is 0 Å². The molecule has 0 fully saturated rings. The second-order valence-corrected chi connectivity index (χ2v) is 4.78. The molecule has 0 spiro atoms. The highest BCUT2D eigenvalue weighted by molar-refractivity contribution is 5.85. The van der Waals surface area contributed by atoms with Crippen molar-refractivity contribution < 1.29 is 9.53 Å². The Balaban J connectivity index is 1.80. The molecule has 20 heavy (non-hydrogen) atoms. The van der Waals surface area contributed by atoms with Gasteiger partial charge in [-0.25, -0.2) is 9.78 Å². The summed E-state index contributed by atoms with van der Waals surface area (Å²) in [6, 6.07) is 5.84. The zero-order valence-electron chi connectivity index (χ0n) is 11.1. The molecule has 3 rings (SSSR count). The molecule has 0 radical (unpaired) electrons. The number of methoxy groups -OCH3 is 1. The number of amides is 1. The first kappa shape index (κ1) is 12.5. The van der Waals surface area contributed by atoms with Crippen molar-refractivity contribution in [2.45, 2.75) is 12.3 Å². The van der Waals surface area contributed by atoms with Crippen LogP contribution in [0.3, 0.4) is 0 Å². The number of hydrogen-bond donors (Lipinski definition) is 3. The first-order valence-corrected chi connectivity index (χ1v) is 6.46. The van der Waals surface area contributed by atoms with Crippen LogP contribution in [0.2, 0.25) is 0 Å². The van der Waals surface area contributed by atoms with E-state index in [4.69, 9.17) is 0 Å². The third kappa shape index (κ3) is 2.45. The van der Waals surface area contributed by atoms with E-state index < -0.39 is 6.09 Å². The van der Waals surface area contributed by atoms with E-state index in [1.54, 1.807) is 6.33 Å². The van der Waals surface area contributed by atoms with Crippen LogP contribution < -0.4 is 10.6 Å². The van der Waals surface area contributed by atoms with Gasteiger partial charge >= 0.3 is 6.09 Å². The Morgan fingerprint density at radius 3 is 3.20 bits per heavy atom. The molecular formula is C14H16N4O2. The molecule has 104 valence electrons.